The second-order valence-corrected chi connectivity index (χ2v) is 11.5. The molecule has 1 aliphatic heterocycles. The van der Waals surface area contributed by atoms with E-state index in [1.54, 1.807) is 0 Å². The van der Waals surface area contributed by atoms with Gasteiger partial charge in [0.1, 0.15) is 12.3 Å². The number of hydrogen-bond acceptors (Lipinski definition) is 4. The Morgan fingerprint density at radius 1 is 1.00 bits per heavy atom. The Kier molecular flexibility index (Phi) is 8.42. The van der Waals surface area contributed by atoms with Crippen LogP contribution in [0.4, 0.5) is 32.0 Å². The highest BCUT2D eigenvalue weighted by atomic mass is 32.3. The molecule has 8 nitrogen and oxygen atoms in total. The summed E-state index contributed by atoms with van der Waals surface area (Å²) in [5.74, 6) is -2.09. The van der Waals surface area contributed by atoms with Crippen LogP contribution in [0.2, 0.25) is 0 Å². The minimum absolute atomic E-state index is 0.0565. The molecule has 0 fully saturated rings. The number of amides is 3. The van der Waals surface area contributed by atoms with Crippen LogP contribution in [-0.4, -0.2) is 52.3 Å². The fourth-order valence-corrected chi connectivity index (χ4v) is 5.31. The molecule has 1 heterocycles. The molecule has 0 saturated carbocycles. The van der Waals surface area contributed by atoms with Crippen LogP contribution in [0.1, 0.15) is 43.0 Å². The summed E-state index contributed by atoms with van der Waals surface area (Å²) in [7, 11) is -3.33. The lowest BCUT2D eigenvalue weighted by molar-refractivity contribution is -0.305. The molecule has 3 rings (SSSR count). The number of hydrogen-bond donors (Lipinski definition) is 3. The number of nitrogens with zero attached hydrogens (tertiary/aromatic N) is 1. The number of carbonyl (C=O) groups excluding carboxylic acids is 3. The predicted octanol–water partition coefficient (Wildman–Crippen LogP) is 4.58. The van der Waals surface area contributed by atoms with Crippen molar-refractivity contribution in [2.75, 3.05) is 18.1 Å². The summed E-state index contributed by atoms with van der Waals surface area (Å²) in [5, 5.41) is 4.37. The van der Waals surface area contributed by atoms with Crippen molar-refractivity contribution in [1.29, 1.82) is 0 Å². The lowest BCUT2D eigenvalue weighted by Crippen LogP contribution is -2.55. The molecule has 0 spiro atoms. The summed E-state index contributed by atoms with van der Waals surface area (Å²) >= 11 is 0. The number of halogens is 6. The van der Waals surface area contributed by atoms with Crippen LogP contribution < -0.4 is 10.6 Å². The zero-order valence-electron chi connectivity index (χ0n) is 21.4. The number of rotatable bonds is 7. The summed E-state index contributed by atoms with van der Waals surface area (Å²) in [6.45, 7) is 1.22. The molecule has 40 heavy (non-hydrogen) atoms. The van der Waals surface area contributed by atoms with E-state index in [1.807, 2.05) is 5.32 Å². The quantitative estimate of drug-likeness (QED) is 0.321. The van der Waals surface area contributed by atoms with Gasteiger partial charge in [-0.3, -0.25) is 14.4 Å². The molecule has 218 valence electrons. The van der Waals surface area contributed by atoms with E-state index in [0.717, 1.165) is 25.3 Å². The van der Waals surface area contributed by atoms with Crippen LogP contribution >= 0.6 is 0 Å². The van der Waals surface area contributed by atoms with Gasteiger partial charge in [-0.2, -0.15) is 30.9 Å². The van der Waals surface area contributed by atoms with Gasteiger partial charge in [-0.05, 0) is 41.3 Å². The molecule has 0 radical (unpaired) electrons. The fraction of sp³-hybridized carbons (Fsp3) is 0.400. The van der Waals surface area contributed by atoms with E-state index in [-0.39, 0.29) is 17.1 Å². The maximum atomic E-state index is 14.0. The first kappa shape index (κ1) is 31.1. The Bertz CT molecular complexity index is 1340. The third-order valence-corrected chi connectivity index (χ3v) is 7.77. The van der Waals surface area contributed by atoms with Crippen LogP contribution in [0.25, 0.3) is 0 Å². The SMILES string of the molecule is CC(=O)NCCC(c1ccc(NC(=O)C2c3ccc([S+](C)(=O)O)cc3CN2C(C)=O)cc1)(C(F)(F)F)C(F)(F)F. The largest absolute Gasteiger partial charge is 0.407 e. The first-order valence-electron chi connectivity index (χ1n) is 11.7. The molecule has 2 unspecified atom stereocenters. The number of fused-ring (bicyclic) bond motifs is 1. The Balaban J connectivity index is 1.94. The summed E-state index contributed by atoms with van der Waals surface area (Å²) in [6, 6.07) is 5.90. The van der Waals surface area contributed by atoms with E-state index in [1.165, 1.54) is 30.0 Å². The zero-order chi connectivity index (χ0) is 30.3. The molecule has 2 atom stereocenters. The van der Waals surface area contributed by atoms with Crippen LogP contribution in [0.3, 0.4) is 0 Å². The maximum Gasteiger partial charge on any atom is 0.407 e. The predicted molar refractivity (Wildman–Crippen MR) is 132 cm³/mol. The molecule has 2 aromatic carbocycles. The summed E-state index contributed by atoms with van der Waals surface area (Å²) < 4.78 is 106. The van der Waals surface area contributed by atoms with Gasteiger partial charge >= 0.3 is 12.4 Å². The van der Waals surface area contributed by atoms with Gasteiger partial charge in [-0.15, -0.1) is 0 Å². The third kappa shape index (κ3) is 5.99. The van der Waals surface area contributed by atoms with Crippen LogP contribution in [0, 0.1) is 0 Å². The molecular weight excluding hydrogens is 568 g/mol. The van der Waals surface area contributed by atoms with Gasteiger partial charge in [-0.25, -0.2) is 0 Å². The van der Waals surface area contributed by atoms with Crippen molar-refractivity contribution in [2.45, 2.75) is 55.5 Å². The van der Waals surface area contributed by atoms with E-state index < -0.39 is 70.3 Å². The highest BCUT2D eigenvalue weighted by molar-refractivity contribution is 7.97. The zero-order valence-corrected chi connectivity index (χ0v) is 22.3. The lowest BCUT2D eigenvalue weighted by atomic mass is 9.75. The van der Waals surface area contributed by atoms with Crippen LogP contribution in [0.5, 0.6) is 0 Å². The number of alkyl halides is 6. The first-order chi connectivity index (χ1) is 18.3. The summed E-state index contributed by atoms with van der Waals surface area (Å²) in [4.78, 5) is 37.7. The van der Waals surface area contributed by atoms with Gasteiger partial charge in [0.2, 0.25) is 22.0 Å². The molecule has 2 aromatic rings. The number of anilines is 1. The van der Waals surface area contributed by atoms with Crippen LogP contribution in [-0.2, 0) is 40.8 Å². The molecule has 0 aliphatic carbocycles. The van der Waals surface area contributed by atoms with Crippen molar-refractivity contribution in [2.24, 2.45) is 0 Å². The molecule has 15 heteroatoms. The Morgan fingerprint density at radius 3 is 2.05 bits per heavy atom. The first-order valence-corrected chi connectivity index (χ1v) is 13.6. The molecule has 0 aromatic heterocycles. The smallest absolute Gasteiger partial charge is 0.356 e. The van der Waals surface area contributed by atoms with Crippen molar-refractivity contribution in [3.63, 3.8) is 0 Å². The van der Waals surface area contributed by atoms with Crippen molar-refractivity contribution >= 4 is 33.6 Å². The molecule has 0 bridgehead atoms. The van der Waals surface area contributed by atoms with E-state index >= 15 is 0 Å². The minimum atomic E-state index is -5.76. The highest BCUT2D eigenvalue weighted by Gasteiger charge is 2.71. The topological polar surface area (TPSA) is 116 Å². The Labute approximate surface area is 226 Å². The average molecular weight is 595 g/mol. The van der Waals surface area contributed by atoms with Gasteiger partial charge in [0.15, 0.2) is 10.3 Å². The number of benzene rings is 2. The molecule has 3 N–H and O–H groups in total. The summed E-state index contributed by atoms with van der Waals surface area (Å²) in [6.07, 6.45) is -11.9. The third-order valence-electron chi connectivity index (χ3n) is 6.64. The van der Waals surface area contributed by atoms with E-state index in [2.05, 4.69) is 5.32 Å². The number of carbonyl (C=O) groups is 3. The average Bonchev–Trinajstić information content (AvgIpc) is 3.19. The summed E-state index contributed by atoms with van der Waals surface area (Å²) in [5.41, 5.74) is -4.76. The van der Waals surface area contributed by atoms with Gasteiger partial charge in [-0.1, -0.05) is 22.4 Å². The van der Waals surface area contributed by atoms with Gasteiger partial charge in [0.05, 0.1) is 0 Å². The Hall–Kier alpha value is -3.46. The molecule has 3 amide bonds. The van der Waals surface area contributed by atoms with Gasteiger partial charge < -0.3 is 15.5 Å². The molecular formula is C25H26F6N3O5S+. The maximum absolute atomic E-state index is 14.0. The normalized spacial score (nSPS) is 17.1. The second kappa shape index (κ2) is 10.8. The van der Waals surface area contributed by atoms with E-state index in [9.17, 15) is 49.5 Å². The van der Waals surface area contributed by atoms with Gasteiger partial charge in [0.25, 0.3) is 5.91 Å². The fourth-order valence-electron chi connectivity index (χ4n) is 4.63. The van der Waals surface area contributed by atoms with Crippen LogP contribution in [0.15, 0.2) is 47.4 Å². The van der Waals surface area contributed by atoms with Crippen molar-refractivity contribution < 1.29 is 49.5 Å². The second-order valence-electron chi connectivity index (χ2n) is 9.41. The van der Waals surface area contributed by atoms with Crippen molar-refractivity contribution in [1.82, 2.24) is 10.2 Å². The highest BCUT2D eigenvalue weighted by Crippen LogP contribution is 2.54. The van der Waals surface area contributed by atoms with Gasteiger partial charge in [0, 0.05) is 38.7 Å². The molecule has 0 saturated heterocycles. The standard InChI is InChI=1S/C25H25F6N3O5S/c1-14(35)32-11-10-23(24(26,27)28,25(29,30)31)17-4-6-18(7-5-17)33-22(37)21-20-9-8-19(40(3,38)39)12-16(20)13-34(21)15(2)36/h4-9,12,21H,10-11,13H2,1-3H3,(H2-,32,33,35,37,38,39)/p+1. The monoisotopic (exact) mass is 594 g/mol. The molecule has 1 aliphatic rings. The number of nitrogens with one attached hydrogen (secondary N) is 2. The van der Waals surface area contributed by atoms with E-state index in [0.29, 0.717) is 23.3 Å². The van der Waals surface area contributed by atoms with E-state index in [4.69, 9.17) is 0 Å². The lowest BCUT2D eigenvalue weighted by Gasteiger charge is -2.38. The van der Waals surface area contributed by atoms with Crippen molar-refractivity contribution in [3.8, 4) is 0 Å². The van der Waals surface area contributed by atoms with Crippen molar-refractivity contribution in [3.05, 3.63) is 59.2 Å². The minimum Gasteiger partial charge on any atom is -0.356 e. The Morgan fingerprint density at radius 2 is 1.57 bits per heavy atom.